The molecule has 0 bridgehead atoms. The zero-order valence-electron chi connectivity index (χ0n) is 12.1. The second-order valence-electron chi connectivity index (χ2n) is 5.73. The van der Waals surface area contributed by atoms with E-state index in [-0.39, 0.29) is 17.2 Å². The van der Waals surface area contributed by atoms with Crippen molar-refractivity contribution in [3.05, 3.63) is 0 Å². The number of hydrogen-bond acceptors (Lipinski definition) is 5. The first kappa shape index (κ1) is 16.9. The van der Waals surface area contributed by atoms with E-state index in [1.165, 1.54) is 12.5 Å². The molecule has 1 aliphatic rings. The summed E-state index contributed by atoms with van der Waals surface area (Å²) in [5.74, 6) is 0.100. The van der Waals surface area contributed by atoms with Gasteiger partial charge in [-0.2, -0.15) is 0 Å². The molecule has 1 saturated carbocycles. The first-order valence-corrected chi connectivity index (χ1v) is 10.5. The van der Waals surface area contributed by atoms with Gasteiger partial charge >= 0.3 is 0 Å². The van der Waals surface area contributed by atoms with Crippen molar-refractivity contribution >= 4 is 19.7 Å². The molecule has 0 heterocycles. The van der Waals surface area contributed by atoms with Crippen molar-refractivity contribution in [3.8, 4) is 0 Å². The quantitative estimate of drug-likeness (QED) is 0.804. The summed E-state index contributed by atoms with van der Waals surface area (Å²) in [6, 6.07) is -0.181. The van der Waals surface area contributed by atoms with Crippen LogP contribution in [0.15, 0.2) is 0 Å². The lowest BCUT2D eigenvalue weighted by Gasteiger charge is -2.36. The minimum Gasteiger partial charge on any atom is -0.315 e. The average Bonchev–Trinajstić information content (AvgIpc) is 2.28. The molecule has 114 valence electrons. The van der Waals surface area contributed by atoms with Gasteiger partial charge in [-0.05, 0) is 39.2 Å². The maximum absolute atomic E-state index is 11.7. The summed E-state index contributed by atoms with van der Waals surface area (Å²) in [4.78, 5) is 0. The maximum atomic E-state index is 11.7. The van der Waals surface area contributed by atoms with Gasteiger partial charge < -0.3 is 5.32 Å². The van der Waals surface area contributed by atoms with E-state index in [2.05, 4.69) is 5.32 Å². The molecule has 0 aromatic heterocycles. The Kier molecular flexibility index (Phi) is 5.43. The lowest BCUT2D eigenvalue weighted by Crippen LogP contribution is -2.48. The molecular formula is C12H25NO4S2. The van der Waals surface area contributed by atoms with E-state index in [0.717, 1.165) is 12.8 Å². The third-order valence-electron chi connectivity index (χ3n) is 4.29. The number of nitrogens with one attached hydrogen (secondary N) is 1. The highest BCUT2D eigenvalue weighted by atomic mass is 32.2. The van der Waals surface area contributed by atoms with Gasteiger partial charge in [0.2, 0.25) is 0 Å². The van der Waals surface area contributed by atoms with Gasteiger partial charge in [0.1, 0.15) is 9.84 Å². The summed E-state index contributed by atoms with van der Waals surface area (Å²) in [6.07, 6.45) is 5.49. The van der Waals surface area contributed by atoms with Crippen LogP contribution < -0.4 is 5.32 Å². The van der Waals surface area contributed by atoms with Gasteiger partial charge in [-0.3, -0.25) is 0 Å². The van der Waals surface area contributed by atoms with E-state index in [0.29, 0.717) is 12.8 Å². The van der Waals surface area contributed by atoms with Gasteiger partial charge in [0.05, 0.1) is 10.5 Å². The monoisotopic (exact) mass is 311 g/mol. The summed E-state index contributed by atoms with van der Waals surface area (Å²) in [6.45, 7) is 1.69. The molecule has 7 heteroatoms. The molecule has 5 nitrogen and oxygen atoms in total. The molecule has 0 aromatic carbocycles. The van der Waals surface area contributed by atoms with Crippen molar-refractivity contribution in [1.82, 2.24) is 5.32 Å². The minimum absolute atomic E-state index is 0.100. The standard InChI is InChI=1S/C12H25NO4S2/c1-9(18(3,14)15)12(13-2)10-6-5-7-11(8-10)19(4,16)17/h9-13H,5-8H2,1-4H3. The second-order valence-corrected chi connectivity index (χ2v) is 10.5. The molecule has 1 aliphatic carbocycles. The molecule has 1 N–H and O–H groups in total. The van der Waals surface area contributed by atoms with Gasteiger partial charge in [0, 0.05) is 18.6 Å². The maximum Gasteiger partial charge on any atom is 0.151 e. The van der Waals surface area contributed by atoms with Crippen molar-refractivity contribution in [1.29, 1.82) is 0 Å². The average molecular weight is 311 g/mol. The third-order valence-corrected chi connectivity index (χ3v) is 7.58. The number of sulfone groups is 2. The highest BCUT2D eigenvalue weighted by Gasteiger charge is 2.37. The summed E-state index contributed by atoms with van der Waals surface area (Å²) >= 11 is 0. The van der Waals surface area contributed by atoms with Crippen LogP contribution in [-0.4, -0.2) is 52.9 Å². The van der Waals surface area contributed by atoms with Crippen LogP contribution in [0.4, 0.5) is 0 Å². The first-order valence-electron chi connectivity index (χ1n) is 6.62. The Morgan fingerprint density at radius 1 is 1.11 bits per heavy atom. The van der Waals surface area contributed by atoms with Gasteiger partial charge in [0.15, 0.2) is 9.84 Å². The molecule has 1 fully saturated rings. The molecular weight excluding hydrogens is 286 g/mol. The molecule has 0 aliphatic heterocycles. The third kappa shape index (κ3) is 4.43. The Morgan fingerprint density at radius 3 is 2.11 bits per heavy atom. The second kappa shape index (κ2) is 6.10. The highest BCUT2D eigenvalue weighted by molar-refractivity contribution is 7.91. The van der Waals surface area contributed by atoms with Gasteiger partial charge in [-0.15, -0.1) is 0 Å². The van der Waals surface area contributed by atoms with Crippen LogP contribution in [0, 0.1) is 5.92 Å². The van der Waals surface area contributed by atoms with Crippen LogP contribution in [0.1, 0.15) is 32.6 Å². The van der Waals surface area contributed by atoms with Crippen molar-refractivity contribution in [2.24, 2.45) is 5.92 Å². The van der Waals surface area contributed by atoms with Crippen molar-refractivity contribution in [2.45, 2.75) is 49.1 Å². The topological polar surface area (TPSA) is 80.3 Å². The van der Waals surface area contributed by atoms with E-state index < -0.39 is 24.9 Å². The summed E-state index contributed by atoms with van der Waals surface area (Å²) < 4.78 is 46.7. The Balaban J connectivity index is 2.88. The SMILES string of the molecule is CNC(C1CCCC(S(C)(=O)=O)C1)C(C)S(C)(=O)=O. The Morgan fingerprint density at radius 2 is 1.68 bits per heavy atom. The van der Waals surface area contributed by atoms with Crippen molar-refractivity contribution in [3.63, 3.8) is 0 Å². The van der Waals surface area contributed by atoms with Crippen LogP contribution in [0.2, 0.25) is 0 Å². The smallest absolute Gasteiger partial charge is 0.151 e. The predicted octanol–water partition coefficient (Wildman–Crippen LogP) is 0.611. The predicted molar refractivity (Wildman–Crippen MR) is 77.7 cm³/mol. The highest BCUT2D eigenvalue weighted by Crippen LogP contribution is 2.32. The molecule has 1 rings (SSSR count). The van der Waals surface area contributed by atoms with Crippen LogP contribution >= 0.6 is 0 Å². The first-order chi connectivity index (χ1) is 8.57. The van der Waals surface area contributed by atoms with Crippen molar-refractivity contribution in [2.75, 3.05) is 19.6 Å². The van der Waals surface area contributed by atoms with E-state index >= 15 is 0 Å². The lowest BCUT2D eigenvalue weighted by molar-refractivity contribution is 0.275. The molecule has 0 amide bonds. The van der Waals surface area contributed by atoms with E-state index in [1.807, 2.05) is 0 Å². The Bertz CT molecular complexity index is 498. The van der Waals surface area contributed by atoms with Gasteiger partial charge in [-0.25, -0.2) is 16.8 Å². The van der Waals surface area contributed by atoms with Crippen LogP contribution in [0.3, 0.4) is 0 Å². The Hall–Kier alpha value is -0.140. The zero-order valence-corrected chi connectivity index (χ0v) is 13.7. The van der Waals surface area contributed by atoms with E-state index in [9.17, 15) is 16.8 Å². The minimum atomic E-state index is -3.13. The lowest BCUT2D eigenvalue weighted by atomic mass is 9.82. The molecule has 19 heavy (non-hydrogen) atoms. The summed E-state index contributed by atoms with van der Waals surface area (Å²) in [5.41, 5.74) is 0. The van der Waals surface area contributed by atoms with E-state index in [1.54, 1.807) is 14.0 Å². The fraction of sp³-hybridized carbons (Fsp3) is 1.00. The Labute approximate surface area is 117 Å². The number of hydrogen-bond donors (Lipinski definition) is 1. The molecule has 4 unspecified atom stereocenters. The van der Waals surface area contributed by atoms with Crippen molar-refractivity contribution < 1.29 is 16.8 Å². The van der Waals surface area contributed by atoms with Gasteiger partial charge in [0.25, 0.3) is 0 Å². The molecule has 4 atom stereocenters. The fourth-order valence-electron chi connectivity index (χ4n) is 3.02. The fourth-order valence-corrected chi connectivity index (χ4v) is 5.10. The molecule has 0 radical (unpaired) electrons. The summed E-state index contributed by atoms with van der Waals surface area (Å²) in [7, 11) is -4.42. The largest absolute Gasteiger partial charge is 0.315 e. The summed E-state index contributed by atoms with van der Waals surface area (Å²) in [5, 5.41) is 2.25. The van der Waals surface area contributed by atoms with Crippen LogP contribution in [0.25, 0.3) is 0 Å². The normalized spacial score (nSPS) is 28.8. The zero-order chi connectivity index (χ0) is 14.8. The molecule has 0 saturated heterocycles. The molecule has 0 spiro atoms. The van der Waals surface area contributed by atoms with Gasteiger partial charge in [-0.1, -0.05) is 6.42 Å². The number of rotatable bonds is 5. The molecule has 0 aromatic rings. The van der Waals surface area contributed by atoms with Crippen LogP contribution in [0.5, 0.6) is 0 Å². The van der Waals surface area contributed by atoms with E-state index in [4.69, 9.17) is 0 Å². The van der Waals surface area contributed by atoms with Crippen LogP contribution in [-0.2, 0) is 19.7 Å².